The molecule has 2 aromatic carbocycles. The number of Topliss-reactive ketones (excluding diaryl/α,β-unsaturated/α-hetero) is 1. The van der Waals surface area contributed by atoms with Crippen LogP contribution in [0.3, 0.4) is 0 Å². The molecule has 8 nitrogen and oxygen atoms in total. The summed E-state index contributed by atoms with van der Waals surface area (Å²) >= 11 is 0. The van der Waals surface area contributed by atoms with Gasteiger partial charge in [-0.15, -0.1) is 0 Å². The first-order chi connectivity index (χ1) is 15.4. The standard InChI is InChI=1S/C24H26N2O6/c1-17(24(29)26(15-7-14-25)19-8-5-4-6-9-19)32-23(28)13-11-20(27)18-10-12-21(30-2)22(16-18)31-3/h4-6,8-10,12,16-17H,7,11,13,15H2,1-3H3. The molecule has 0 heterocycles. The van der Waals surface area contributed by atoms with Gasteiger partial charge in [-0.1, -0.05) is 18.2 Å². The Labute approximate surface area is 187 Å². The van der Waals surface area contributed by atoms with Crippen molar-refractivity contribution >= 4 is 23.3 Å². The number of carbonyl (C=O) groups is 3. The van der Waals surface area contributed by atoms with E-state index < -0.39 is 18.0 Å². The van der Waals surface area contributed by atoms with Crippen LogP contribution >= 0.6 is 0 Å². The number of benzene rings is 2. The molecule has 1 amide bonds. The second-order valence-corrected chi connectivity index (χ2v) is 6.86. The first-order valence-corrected chi connectivity index (χ1v) is 10.1. The number of methoxy groups -OCH3 is 2. The van der Waals surface area contributed by atoms with E-state index in [1.54, 1.807) is 42.5 Å². The molecule has 0 radical (unpaired) electrons. The first kappa shape index (κ1) is 24.4. The number of ketones is 1. The van der Waals surface area contributed by atoms with Crippen LogP contribution in [0, 0.1) is 11.3 Å². The molecular formula is C24H26N2O6. The minimum Gasteiger partial charge on any atom is -0.493 e. The van der Waals surface area contributed by atoms with Crippen LogP contribution in [0.15, 0.2) is 48.5 Å². The summed E-state index contributed by atoms with van der Waals surface area (Å²) in [4.78, 5) is 38.9. The second kappa shape index (κ2) is 12.1. The molecule has 0 aliphatic rings. The van der Waals surface area contributed by atoms with Gasteiger partial charge in [0.1, 0.15) is 0 Å². The van der Waals surface area contributed by atoms with Gasteiger partial charge in [-0.05, 0) is 37.3 Å². The fourth-order valence-electron chi connectivity index (χ4n) is 3.03. The number of amides is 1. The highest BCUT2D eigenvalue weighted by molar-refractivity contribution is 5.99. The van der Waals surface area contributed by atoms with Crippen LogP contribution in [-0.4, -0.2) is 44.5 Å². The van der Waals surface area contributed by atoms with Crippen molar-refractivity contribution in [3.8, 4) is 17.6 Å². The van der Waals surface area contributed by atoms with E-state index >= 15 is 0 Å². The van der Waals surface area contributed by atoms with Gasteiger partial charge in [0.2, 0.25) is 0 Å². The minimum absolute atomic E-state index is 0.0773. The molecule has 168 valence electrons. The summed E-state index contributed by atoms with van der Waals surface area (Å²) in [6.07, 6.45) is -1.17. The number of esters is 1. The zero-order chi connectivity index (χ0) is 23.5. The van der Waals surface area contributed by atoms with Crippen molar-refractivity contribution in [1.29, 1.82) is 5.26 Å². The summed E-state index contributed by atoms with van der Waals surface area (Å²) in [7, 11) is 2.97. The van der Waals surface area contributed by atoms with Gasteiger partial charge in [0.05, 0.1) is 33.1 Å². The lowest BCUT2D eigenvalue weighted by atomic mass is 10.1. The predicted octanol–water partition coefficient (Wildman–Crippen LogP) is 3.55. The summed E-state index contributed by atoms with van der Waals surface area (Å²) in [5.41, 5.74) is 0.991. The van der Waals surface area contributed by atoms with Crippen molar-refractivity contribution in [2.45, 2.75) is 32.3 Å². The number of anilines is 1. The molecule has 0 aliphatic carbocycles. The molecule has 1 unspecified atom stereocenters. The van der Waals surface area contributed by atoms with E-state index in [0.717, 1.165) is 0 Å². The monoisotopic (exact) mass is 438 g/mol. The third kappa shape index (κ3) is 6.57. The number of rotatable bonds is 11. The van der Waals surface area contributed by atoms with E-state index in [4.69, 9.17) is 19.5 Å². The largest absolute Gasteiger partial charge is 0.493 e. The Morgan fingerprint density at radius 2 is 1.69 bits per heavy atom. The Morgan fingerprint density at radius 1 is 1.00 bits per heavy atom. The van der Waals surface area contributed by atoms with Crippen molar-refractivity contribution in [3.05, 3.63) is 54.1 Å². The molecule has 8 heteroatoms. The summed E-state index contributed by atoms with van der Waals surface area (Å²) in [6, 6.07) is 15.6. The normalized spacial score (nSPS) is 11.1. The number of hydrogen-bond donors (Lipinski definition) is 0. The van der Waals surface area contributed by atoms with E-state index in [-0.39, 0.29) is 31.6 Å². The number of hydrogen-bond acceptors (Lipinski definition) is 7. The second-order valence-electron chi connectivity index (χ2n) is 6.86. The highest BCUT2D eigenvalue weighted by Crippen LogP contribution is 2.28. The van der Waals surface area contributed by atoms with Crippen molar-refractivity contribution in [3.63, 3.8) is 0 Å². The quantitative estimate of drug-likeness (QED) is 0.390. The molecular weight excluding hydrogens is 412 g/mol. The Bertz CT molecular complexity index is 984. The van der Waals surface area contributed by atoms with Crippen molar-refractivity contribution in [1.82, 2.24) is 0 Å². The van der Waals surface area contributed by atoms with Crippen molar-refractivity contribution < 1.29 is 28.6 Å². The highest BCUT2D eigenvalue weighted by Gasteiger charge is 2.25. The SMILES string of the molecule is COc1ccc(C(=O)CCC(=O)OC(C)C(=O)N(CCC#N)c2ccccc2)cc1OC. The highest BCUT2D eigenvalue weighted by atomic mass is 16.5. The molecule has 0 aliphatic heterocycles. The number of nitrogens with zero attached hydrogens (tertiary/aromatic N) is 2. The Morgan fingerprint density at radius 3 is 2.31 bits per heavy atom. The zero-order valence-corrected chi connectivity index (χ0v) is 18.4. The lowest BCUT2D eigenvalue weighted by molar-refractivity contribution is -0.153. The van der Waals surface area contributed by atoms with Crippen LogP contribution in [0.4, 0.5) is 5.69 Å². The molecule has 0 aromatic heterocycles. The average Bonchev–Trinajstić information content (AvgIpc) is 2.82. The summed E-state index contributed by atoms with van der Waals surface area (Å²) in [5.74, 6) is -0.450. The maximum Gasteiger partial charge on any atom is 0.307 e. The maximum absolute atomic E-state index is 12.8. The fourth-order valence-corrected chi connectivity index (χ4v) is 3.03. The van der Waals surface area contributed by atoms with Crippen molar-refractivity contribution in [2.24, 2.45) is 0 Å². The van der Waals surface area contributed by atoms with Crippen LogP contribution < -0.4 is 14.4 Å². The Balaban J connectivity index is 1.96. The van der Waals surface area contributed by atoms with Gasteiger partial charge in [-0.25, -0.2) is 0 Å². The Kier molecular flexibility index (Phi) is 9.23. The summed E-state index contributed by atoms with van der Waals surface area (Å²) in [6.45, 7) is 1.65. The third-order valence-corrected chi connectivity index (χ3v) is 4.70. The van der Waals surface area contributed by atoms with Crippen LogP contribution in [0.25, 0.3) is 0 Å². The summed E-state index contributed by atoms with van der Waals surface area (Å²) in [5, 5.41) is 8.89. The van der Waals surface area contributed by atoms with Crippen molar-refractivity contribution in [2.75, 3.05) is 25.7 Å². The zero-order valence-electron chi connectivity index (χ0n) is 18.4. The third-order valence-electron chi connectivity index (χ3n) is 4.70. The number of carbonyl (C=O) groups excluding carboxylic acids is 3. The maximum atomic E-state index is 12.8. The molecule has 0 saturated heterocycles. The topological polar surface area (TPSA) is 106 Å². The van der Waals surface area contributed by atoms with E-state index in [0.29, 0.717) is 22.7 Å². The van der Waals surface area contributed by atoms with E-state index in [1.165, 1.54) is 26.0 Å². The van der Waals surface area contributed by atoms with Gasteiger partial charge in [-0.3, -0.25) is 14.4 Å². The molecule has 2 aromatic rings. The molecule has 0 fully saturated rings. The van der Waals surface area contributed by atoms with E-state index in [2.05, 4.69) is 0 Å². The number of ether oxygens (including phenoxy) is 3. The van der Waals surface area contributed by atoms with Crippen LogP contribution in [0.1, 0.15) is 36.5 Å². The first-order valence-electron chi connectivity index (χ1n) is 10.1. The summed E-state index contributed by atoms with van der Waals surface area (Å²) < 4.78 is 15.6. The van der Waals surface area contributed by atoms with Gasteiger partial charge in [0, 0.05) is 24.2 Å². The lowest BCUT2D eigenvalue weighted by Crippen LogP contribution is -2.40. The van der Waals surface area contributed by atoms with Gasteiger partial charge < -0.3 is 19.1 Å². The average molecular weight is 438 g/mol. The van der Waals surface area contributed by atoms with Gasteiger partial charge >= 0.3 is 5.97 Å². The van der Waals surface area contributed by atoms with E-state index in [1.807, 2.05) is 12.1 Å². The Hall–Kier alpha value is -3.86. The molecule has 0 spiro atoms. The smallest absolute Gasteiger partial charge is 0.307 e. The number of nitriles is 1. The molecule has 0 bridgehead atoms. The molecule has 0 saturated carbocycles. The molecule has 2 rings (SSSR count). The molecule has 32 heavy (non-hydrogen) atoms. The lowest BCUT2D eigenvalue weighted by Gasteiger charge is -2.25. The molecule has 0 N–H and O–H groups in total. The molecule has 1 atom stereocenters. The van der Waals surface area contributed by atoms with Gasteiger partial charge in [0.25, 0.3) is 5.91 Å². The van der Waals surface area contributed by atoms with Crippen LogP contribution in [0.2, 0.25) is 0 Å². The van der Waals surface area contributed by atoms with Gasteiger partial charge in [0.15, 0.2) is 23.4 Å². The number of para-hydroxylation sites is 1. The van der Waals surface area contributed by atoms with Crippen LogP contribution in [-0.2, 0) is 14.3 Å². The minimum atomic E-state index is -1.06. The van der Waals surface area contributed by atoms with Gasteiger partial charge in [-0.2, -0.15) is 5.26 Å². The van der Waals surface area contributed by atoms with E-state index in [9.17, 15) is 14.4 Å². The fraction of sp³-hybridized carbons (Fsp3) is 0.333. The predicted molar refractivity (Wildman–Crippen MR) is 118 cm³/mol. The van der Waals surface area contributed by atoms with Crippen LogP contribution in [0.5, 0.6) is 11.5 Å².